The Hall–Kier alpha value is -2.94. The number of benzene rings is 1. The lowest BCUT2D eigenvalue weighted by molar-refractivity contribution is -0.120. The molecule has 1 N–H and O–H groups in total. The maximum atomic E-state index is 12.7. The van der Waals surface area contributed by atoms with Crippen molar-refractivity contribution < 1.29 is 4.79 Å². The molecule has 1 aromatic carbocycles. The van der Waals surface area contributed by atoms with Crippen LogP contribution in [0.4, 0.5) is 11.5 Å². The van der Waals surface area contributed by atoms with Gasteiger partial charge < -0.3 is 10.2 Å². The molecule has 1 saturated heterocycles. The summed E-state index contributed by atoms with van der Waals surface area (Å²) < 4.78 is 1.57. The van der Waals surface area contributed by atoms with E-state index in [0.717, 1.165) is 42.3 Å². The third-order valence-electron chi connectivity index (χ3n) is 4.84. The van der Waals surface area contributed by atoms with E-state index in [9.17, 15) is 4.79 Å². The fourth-order valence-electron chi connectivity index (χ4n) is 3.29. The standard InChI is InChI=1S/C19H21N7OS/c1-28-16-5-3-2-4-15(16)22-19(27)14-8-10-25(11-9-14)17-6-7-18(24-23-17)26-13-20-12-21-26/h2-7,12-14H,8-11H2,1H3,(H,22,27). The van der Waals surface area contributed by atoms with Crippen LogP contribution in [-0.2, 0) is 4.79 Å². The largest absolute Gasteiger partial charge is 0.355 e. The molecule has 144 valence electrons. The SMILES string of the molecule is CSc1ccccc1NC(=O)C1CCN(c2ccc(-n3cncn3)nn2)CC1. The summed E-state index contributed by atoms with van der Waals surface area (Å²) in [4.78, 5) is 19.8. The Kier molecular flexibility index (Phi) is 5.52. The molecule has 4 rings (SSSR count). The van der Waals surface area contributed by atoms with Crippen molar-refractivity contribution in [1.82, 2.24) is 25.0 Å². The minimum absolute atomic E-state index is 0.00791. The second-order valence-corrected chi connectivity index (χ2v) is 7.39. The number of hydrogen-bond donors (Lipinski definition) is 1. The summed E-state index contributed by atoms with van der Waals surface area (Å²) in [6.45, 7) is 1.55. The molecule has 0 unspecified atom stereocenters. The average molecular weight is 395 g/mol. The van der Waals surface area contributed by atoms with Crippen molar-refractivity contribution in [1.29, 1.82) is 0 Å². The molecule has 9 heteroatoms. The van der Waals surface area contributed by atoms with Crippen LogP contribution in [0, 0.1) is 5.92 Å². The van der Waals surface area contributed by atoms with Gasteiger partial charge in [-0.05, 0) is 43.4 Å². The van der Waals surface area contributed by atoms with Gasteiger partial charge >= 0.3 is 0 Å². The monoisotopic (exact) mass is 395 g/mol. The third-order valence-corrected chi connectivity index (χ3v) is 5.64. The highest BCUT2D eigenvalue weighted by Gasteiger charge is 2.26. The lowest BCUT2D eigenvalue weighted by Crippen LogP contribution is -2.38. The number of anilines is 2. The molecule has 0 bridgehead atoms. The number of nitrogens with one attached hydrogen (secondary N) is 1. The Morgan fingerprint density at radius 2 is 1.86 bits per heavy atom. The Balaban J connectivity index is 1.34. The van der Waals surface area contributed by atoms with Crippen LogP contribution < -0.4 is 10.2 Å². The van der Waals surface area contributed by atoms with E-state index < -0.39 is 0 Å². The first-order valence-corrected chi connectivity index (χ1v) is 10.3. The van der Waals surface area contributed by atoms with Gasteiger partial charge in [-0.1, -0.05) is 12.1 Å². The van der Waals surface area contributed by atoms with Crippen LogP contribution in [0.5, 0.6) is 0 Å². The zero-order chi connectivity index (χ0) is 19.3. The summed E-state index contributed by atoms with van der Waals surface area (Å²) in [6.07, 6.45) is 6.64. The second-order valence-electron chi connectivity index (χ2n) is 6.54. The minimum Gasteiger partial charge on any atom is -0.355 e. The van der Waals surface area contributed by atoms with E-state index in [1.54, 1.807) is 22.8 Å². The van der Waals surface area contributed by atoms with E-state index in [1.165, 1.54) is 6.33 Å². The Labute approximate surface area is 167 Å². The summed E-state index contributed by atoms with van der Waals surface area (Å²) in [6, 6.07) is 11.7. The van der Waals surface area contributed by atoms with Crippen molar-refractivity contribution in [3.63, 3.8) is 0 Å². The van der Waals surface area contributed by atoms with Crippen LogP contribution in [0.15, 0.2) is 53.9 Å². The summed E-state index contributed by atoms with van der Waals surface area (Å²) in [5, 5.41) is 15.7. The van der Waals surface area contributed by atoms with E-state index in [0.29, 0.717) is 5.82 Å². The number of thioether (sulfide) groups is 1. The maximum Gasteiger partial charge on any atom is 0.227 e. The van der Waals surface area contributed by atoms with Gasteiger partial charge in [0.25, 0.3) is 0 Å². The summed E-state index contributed by atoms with van der Waals surface area (Å²) in [7, 11) is 0. The molecule has 1 aliphatic rings. The molecule has 0 saturated carbocycles. The van der Waals surface area contributed by atoms with Gasteiger partial charge in [-0.2, -0.15) is 5.10 Å². The van der Waals surface area contributed by atoms with Crippen LogP contribution in [-0.4, -0.2) is 50.2 Å². The Morgan fingerprint density at radius 3 is 2.54 bits per heavy atom. The Morgan fingerprint density at radius 1 is 1.11 bits per heavy atom. The topological polar surface area (TPSA) is 88.8 Å². The quantitative estimate of drug-likeness (QED) is 0.664. The molecule has 3 aromatic rings. The van der Waals surface area contributed by atoms with E-state index >= 15 is 0 Å². The first-order chi connectivity index (χ1) is 13.7. The molecular formula is C19H21N7OS. The van der Waals surface area contributed by atoms with Gasteiger partial charge in [-0.15, -0.1) is 22.0 Å². The highest BCUT2D eigenvalue weighted by atomic mass is 32.2. The Bertz CT molecular complexity index is 922. The van der Waals surface area contributed by atoms with Crippen molar-refractivity contribution in [3.8, 4) is 5.82 Å². The molecule has 0 radical (unpaired) electrons. The van der Waals surface area contributed by atoms with Gasteiger partial charge in [0.05, 0.1) is 5.69 Å². The molecule has 0 aliphatic carbocycles. The van der Waals surface area contributed by atoms with E-state index in [1.807, 2.05) is 42.7 Å². The van der Waals surface area contributed by atoms with Crippen molar-refractivity contribution in [2.75, 3.05) is 29.6 Å². The smallest absolute Gasteiger partial charge is 0.227 e. The normalized spacial score (nSPS) is 14.8. The lowest BCUT2D eigenvalue weighted by Gasteiger charge is -2.31. The van der Waals surface area contributed by atoms with Gasteiger partial charge in [0.1, 0.15) is 12.7 Å². The molecular weight excluding hydrogens is 374 g/mol. The summed E-state index contributed by atoms with van der Waals surface area (Å²) in [5.41, 5.74) is 0.886. The van der Waals surface area contributed by atoms with E-state index in [2.05, 4.69) is 30.5 Å². The highest BCUT2D eigenvalue weighted by Crippen LogP contribution is 2.27. The zero-order valence-corrected chi connectivity index (χ0v) is 16.3. The highest BCUT2D eigenvalue weighted by molar-refractivity contribution is 7.98. The number of para-hydroxylation sites is 1. The molecule has 0 spiro atoms. The molecule has 2 aromatic heterocycles. The fraction of sp³-hybridized carbons (Fsp3) is 0.316. The summed E-state index contributed by atoms with van der Waals surface area (Å²) in [5.74, 6) is 1.54. The van der Waals surface area contributed by atoms with Gasteiger partial charge in [0.2, 0.25) is 5.91 Å². The first kappa shape index (κ1) is 18.4. The fourth-order valence-corrected chi connectivity index (χ4v) is 3.84. The number of carbonyl (C=O) groups excluding carboxylic acids is 1. The van der Waals surface area contributed by atoms with Crippen molar-refractivity contribution >= 4 is 29.2 Å². The van der Waals surface area contributed by atoms with Gasteiger partial charge in [0, 0.05) is 23.9 Å². The van der Waals surface area contributed by atoms with Crippen LogP contribution in [0.3, 0.4) is 0 Å². The van der Waals surface area contributed by atoms with Gasteiger partial charge in [-0.25, -0.2) is 9.67 Å². The number of nitrogens with zero attached hydrogens (tertiary/aromatic N) is 6. The van der Waals surface area contributed by atoms with Gasteiger partial charge in [-0.3, -0.25) is 4.79 Å². The zero-order valence-electron chi connectivity index (χ0n) is 15.5. The lowest BCUT2D eigenvalue weighted by atomic mass is 9.96. The van der Waals surface area contributed by atoms with Crippen LogP contribution >= 0.6 is 11.8 Å². The third kappa shape index (κ3) is 3.99. The molecule has 1 amide bonds. The minimum atomic E-state index is 0.00791. The van der Waals surface area contributed by atoms with Crippen LogP contribution in [0.1, 0.15) is 12.8 Å². The molecule has 28 heavy (non-hydrogen) atoms. The molecule has 0 atom stereocenters. The molecule has 8 nitrogen and oxygen atoms in total. The number of rotatable bonds is 5. The van der Waals surface area contributed by atoms with Crippen molar-refractivity contribution in [2.45, 2.75) is 17.7 Å². The van der Waals surface area contributed by atoms with Crippen molar-refractivity contribution in [3.05, 3.63) is 49.1 Å². The molecule has 3 heterocycles. The molecule has 1 aliphatic heterocycles. The first-order valence-electron chi connectivity index (χ1n) is 9.12. The number of aromatic nitrogens is 5. The molecule has 1 fully saturated rings. The predicted octanol–water partition coefficient (Wildman–Crippen LogP) is 2.63. The maximum absolute atomic E-state index is 12.7. The number of amides is 1. The van der Waals surface area contributed by atoms with E-state index in [-0.39, 0.29) is 11.8 Å². The second kappa shape index (κ2) is 8.39. The van der Waals surface area contributed by atoms with Crippen molar-refractivity contribution in [2.24, 2.45) is 5.92 Å². The van der Waals surface area contributed by atoms with Crippen LogP contribution in [0.25, 0.3) is 5.82 Å². The van der Waals surface area contributed by atoms with E-state index in [4.69, 9.17) is 0 Å². The predicted molar refractivity (Wildman–Crippen MR) is 109 cm³/mol. The number of carbonyl (C=O) groups is 1. The van der Waals surface area contributed by atoms with Crippen LogP contribution in [0.2, 0.25) is 0 Å². The summed E-state index contributed by atoms with van der Waals surface area (Å²) >= 11 is 1.63. The average Bonchev–Trinajstić information content (AvgIpc) is 3.29. The number of piperidine rings is 1. The number of hydrogen-bond acceptors (Lipinski definition) is 7. The van der Waals surface area contributed by atoms with Gasteiger partial charge in [0.15, 0.2) is 11.6 Å².